The Morgan fingerprint density at radius 2 is 0.741 bits per heavy atom. The van der Waals surface area contributed by atoms with E-state index in [-0.39, 0.29) is 37.4 Å². The predicted molar refractivity (Wildman–Crippen MR) is 242 cm³/mol. The van der Waals surface area contributed by atoms with Gasteiger partial charge in [-0.05, 0) is 73.0 Å². The molecule has 0 aliphatic heterocycles. The van der Waals surface area contributed by atoms with Gasteiger partial charge in [-0.25, -0.2) is 0 Å². The third kappa shape index (κ3) is 14.7. The van der Waals surface area contributed by atoms with Gasteiger partial charge in [0.05, 0.1) is 19.6 Å². The van der Waals surface area contributed by atoms with Crippen molar-refractivity contribution in [2.45, 2.75) is 195 Å². The highest BCUT2D eigenvalue weighted by molar-refractivity contribution is 6.74. The van der Waals surface area contributed by atoms with E-state index in [1.807, 2.05) is 54.6 Å². The summed E-state index contributed by atoms with van der Waals surface area (Å²) in [6.07, 6.45) is 17.2. The van der Waals surface area contributed by atoms with Gasteiger partial charge in [-0.3, -0.25) is 0 Å². The van der Waals surface area contributed by atoms with E-state index in [4.69, 9.17) is 14.3 Å². The standard InChI is InChI=1S/C48H76N6O3Si/c1-8-15-18-24-37(12-5)43-30-21-27-40(46(43)55)34-49-52-58(33-11-4,53-50-35-41-28-22-31-44(47(41)56)38(13-6)25-19-16-9-2)54-51-36-42-29-23-32-45(48(42)57)39(14-7)26-20-17-10-3/h21-23,27-32,37-39,55-57H,8-20,24-26,33-36H2,1-7H3. The minimum absolute atomic E-state index is 0.188. The molecule has 9 nitrogen and oxygen atoms in total. The summed E-state index contributed by atoms with van der Waals surface area (Å²) in [5.41, 5.74) is 5.08. The predicted octanol–water partition coefficient (Wildman–Crippen LogP) is 15.6. The fraction of sp³-hybridized carbons (Fsp3) is 0.625. The van der Waals surface area contributed by atoms with Gasteiger partial charge in [0.25, 0.3) is 0 Å². The van der Waals surface area contributed by atoms with Gasteiger partial charge in [-0.2, -0.15) is 29.7 Å². The van der Waals surface area contributed by atoms with Gasteiger partial charge in [0.1, 0.15) is 17.2 Å². The van der Waals surface area contributed by atoms with Crippen LogP contribution in [0.2, 0.25) is 6.04 Å². The second-order valence-electron chi connectivity index (χ2n) is 16.1. The number of para-hydroxylation sites is 3. The Labute approximate surface area is 352 Å². The summed E-state index contributed by atoms with van der Waals surface area (Å²) in [6, 6.07) is 18.4. The van der Waals surface area contributed by atoms with Gasteiger partial charge in [0, 0.05) is 22.7 Å². The monoisotopic (exact) mass is 813 g/mol. The zero-order chi connectivity index (χ0) is 42.2. The molecule has 58 heavy (non-hydrogen) atoms. The molecule has 3 atom stereocenters. The van der Waals surface area contributed by atoms with Gasteiger partial charge < -0.3 is 15.3 Å². The van der Waals surface area contributed by atoms with E-state index in [2.05, 4.69) is 63.8 Å². The Morgan fingerprint density at radius 3 is 1.00 bits per heavy atom. The summed E-state index contributed by atoms with van der Waals surface area (Å²) in [7, 11) is -3.37. The van der Waals surface area contributed by atoms with Crippen molar-refractivity contribution in [1.29, 1.82) is 0 Å². The first-order valence-corrected chi connectivity index (χ1v) is 24.9. The number of hydrogen-bond donors (Lipinski definition) is 3. The number of aromatic hydroxyl groups is 3. The minimum atomic E-state index is -3.37. The van der Waals surface area contributed by atoms with Crippen LogP contribution in [-0.4, -0.2) is 23.9 Å². The third-order valence-corrected chi connectivity index (χ3v) is 14.3. The molecule has 3 unspecified atom stereocenters. The van der Waals surface area contributed by atoms with Gasteiger partial charge >= 0.3 is 8.56 Å². The average Bonchev–Trinajstić information content (AvgIpc) is 3.22. The van der Waals surface area contributed by atoms with Gasteiger partial charge in [0.15, 0.2) is 0 Å². The lowest BCUT2D eigenvalue weighted by atomic mass is 9.89. The highest BCUT2D eigenvalue weighted by Crippen LogP contribution is 2.38. The molecule has 3 rings (SSSR count). The topological polar surface area (TPSA) is 135 Å². The molecule has 0 radical (unpaired) electrons. The second kappa shape index (κ2) is 27.0. The number of rotatable bonds is 29. The molecular formula is C48H76N6O3Si. The molecule has 0 fully saturated rings. The Hall–Kier alpha value is -3.92. The Kier molecular flexibility index (Phi) is 22.5. The average molecular weight is 813 g/mol. The van der Waals surface area contributed by atoms with Gasteiger partial charge in [-0.1, -0.05) is 167 Å². The van der Waals surface area contributed by atoms with Crippen LogP contribution in [0.5, 0.6) is 17.2 Å². The van der Waals surface area contributed by atoms with Crippen LogP contribution in [0.15, 0.2) is 84.3 Å². The van der Waals surface area contributed by atoms with Crippen LogP contribution in [0.4, 0.5) is 0 Å². The Bertz CT molecular complexity index is 1520. The van der Waals surface area contributed by atoms with Crippen LogP contribution in [-0.2, 0) is 19.6 Å². The second-order valence-corrected chi connectivity index (χ2v) is 18.7. The van der Waals surface area contributed by atoms with Crippen molar-refractivity contribution >= 4 is 8.56 Å². The quantitative estimate of drug-likeness (QED) is 0.0366. The molecular weight excluding hydrogens is 737 g/mol. The third-order valence-electron chi connectivity index (χ3n) is 11.7. The van der Waals surface area contributed by atoms with E-state index in [1.54, 1.807) is 0 Å². The van der Waals surface area contributed by atoms with Crippen LogP contribution >= 0.6 is 0 Å². The molecule has 3 N–H and O–H groups in total. The molecule has 0 spiro atoms. The lowest BCUT2D eigenvalue weighted by molar-refractivity contribution is 0.444. The van der Waals surface area contributed by atoms with E-state index in [9.17, 15) is 15.3 Å². The molecule has 10 heteroatoms. The largest absolute Gasteiger partial charge is 0.507 e. The van der Waals surface area contributed by atoms with E-state index >= 15 is 0 Å². The first-order valence-electron chi connectivity index (χ1n) is 22.8. The van der Waals surface area contributed by atoms with Crippen molar-refractivity contribution in [3.8, 4) is 17.2 Å². The molecule has 0 saturated heterocycles. The van der Waals surface area contributed by atoms with Crippen LogP contribution in [0.1, 0.15) is 202 Å². The van der Waals surface area contributed by atoms with Crippen molar-refractivity contribution in [3.05, 3.63) is 88.0 Å². The van der Waals surface area contributed by atoms with E-state index < -0.39 is 8.56 Å². The number of unbranched alkanes of at least 4 members (excludes halogenated alkanes) is 6. The highest BCUT2D eigenvalue weighted by Gasteiger charge is 2.36. The Balaban J connectivity index is 1.98. The van der Waals surface area contributed by atoms with Crippen LogP contribution in [0.3, 0.4) is 0 Å². The lowest BCUT2D eigenvalue weighted by Crippen LogP contribution is -2.26. The molecule has 0 aromatic heterocycles. The summed E-state index contributed by atoms with van der Waals surface area (Å²) in [5, 5.41) is 48.3. The molecule has 0 aliphatic rings. The SMILES string of the molecule is CCCCCC(CC)c1cccc(CN=N[Si](CCC)(N=NCc2cccc(C(CC)CCCCC)c2O)N=NCc2cccc(C(CC)CCCCC)c2O)c1O. The maximum atomic E-state index is 11.4. The summed E-state index contributed by atoms with van der Waals surface area (Å²) < 4.78 is 14.6. The summed E-state index contributed by atoms with van der Waals surface area (Å²) >= 11 is 0. The fourth-order valence-corrected chi connectivity index (χ4v) is 10.1. The smallest absolute Gasteiger partial charge is 0.490 e. The molecule has 0 saturated carbocycles. The van der Waals surface area contributed by atoms with Crippen LogP contribution in [0, 0.1) is 0 Å². The fourth-order valence-electron chi connectivity index (χ4n) is 8.09. The highest BCUT2D eigenvalue weighted by atomic mass is 28.4. The first-order chi connectivity index (χ1) is 28.2. The normalized spacial score (nSPS) is 14.7. The molecule has 3 aromatic carbocycles. The van der Waals surface area contributed by atoms with Crippen molar-refractivity contribution in [3.63, 3.8) is 0 Å². The summed E-state index contributed by atoms with van der Waals surface area (Å²) in [5.74, 6) is 1.75. The summed E-state index contributed by atoms with van der Waals surface area (Å²) in [4.78, 5) is 0. The molecule has 0 heterocycles. The zero-order valence-corrected chi connectivity index (χ0v) is 38.1. The van der Waals surface area contributed by atoms with Gasteiger partial charge in [0.2, 0.25) is 0 Å². The van der Waals surface area contributed by atoms with Crippen molar-refractivity contribution in [2.75, 3.05) is 0 Å². The number of phenolic OH excluding ortho intramolecular Hbond substituents is 3. The number of benzene rings is 3. The summed E-state index contributed by atoms with van der Waals surface area (Å²) in [6.45, 7) is 15.8. The number of nitrogens with zero attached hydrogens (tertiary/aromatic N) is 6. The van der Waals surface area contributed by atoms with Crippen LogP contribution in [0.25, 0.3) is 0 Å². The Morgan fingerprint density at radius 1 is 0.431 bits per heavy atom. The number of hydrogen-bond acceptors (Lipinski definition) is 9. The number of phenols is 3. The van der Waals surface area contributed by atoms with Crippen molar-refractivity contribution in [2.24, 2.45) is 29.7 Å². The molecule has 3 aromatic rings. The zero-order valence-electron chi connectivity index (χ0n) is 37.1. The first kappa shape index (κ1) is 48.4. The van der Waals surface area contributed by atoms with Crippen LogP contribution < -0.4 is 0 Å². The minimum Gasteiger partial charge on any atom is -0.507 e. The molecule has 0 bridgehead atoms. The van der Waals surface area contributed by atoms with Gasteiger partial charge in [-0.15, -0.1) is 0 Å². The van der Waals surface area contributed by atoms with Crippen molar-refractivity contribution in [1.82, 2.24) is 0 Å². The van der Waals surface area contributed by atoms with E-state index in [1.165, 1.54) is 38.5 Å². The maximum Gasteiger partial charge on any atom is 0.490 e. The molecule has 320 valence electrons. The van der Waals surface area contributed by atoms with E-state index in [0.29, 0.717) is 23.3 Å². The van der Waals surface area contributed by atoms with Crippen molar-refractivity contribution < 1.29 is 15.3 Å². The lowest BCUT2D eigenvalue weighted by Gasteiger charge is -2.19. The molecule has 0 amide bonds. The van der Waals surface area contributed by atoms with E-state index in [0.717, 1.165) is 97.6 Å². The maximum absolute atomic E-state index is 11.4. The molecule has 0 aliphatic carbocycles.